The first-order valence-corrected chi connectivity index (χ1v) is 16.1. The highest BCUT2D eigenvalue weighted by Gasteiger charge is 2.35. The van der Waals surface area contributed by atoms with Gasteiger partial charge >= 0.3 is 0 Å². The first-order chi connectivity index (χ1) is 18.5. The highest BCUT2D eigenvalue weighted by atomic mass is 32.2. The van der Waals surface area contributed by atoms with Crippen molar-refractivity contribution in [3.05, 3.63) is 54.4 Å². The van der Waals surface area contributed by atoms with Crippen LogP contribution in [0.5, 0.6) is 5.75 Å². The van der Waals surface area contributed by atoms with Crippen LogP contribution >= 0.6 is 0 Å². The Morgan fingerprint density at radius 2 is 1.64 bits per heavy atom. The molecule has 0 amide bonds. The van der Waals surface area contributed by atoms with Gasteiger partial charge in [-0.25, -0.2) is 8.42 Å². The molecule has 0 bridgehead atoms. The van der Waals surface area contributed by atoms with Gasteiger partial charge in [-0.15, -0.1) is 5.10 Å². The summed E-state index contributed by atoms with van der Waals surface area (Å²) in [5.74, 6) is 0.517. The van der Waals surface area contributed by atoms with Crippen molar-refractivity contribution in [1.82, 2.24) is 15.0 Å². The second-order valence-electron chi connectivity index (χ2n) is 9.14. The Labute approximate surface area is 231 Å². The predicted octanol–water partition coefficient (Wildman–Crippen LogP) is 2.53. The van der Waals surface area contributed by atoms with Crippen LogP contribution in [0, 0.1) is 0 Å². The topological polar surface area (TPSA) is 168 Å². The quantitative estimate of drug-likeness (QED) is 0.160. The van der Waals surface area contributed by atoms with Crippen LogP contribution in [-0.4, -0.2) is 66.6 Å². The van der Waals surface area contributed by atoms with Crippen LogP contribution in [0.1, 0.15) is 52.1 Å². The van der Waals surface area contributed by atoms with E-state index in [1.54, 1.807) is 20.0 Å². The van der Waals surface area contributed by atoms with E-state index in [0.717, 1.165) is 17.3 Å². The van der Waals surface area contributed by atoms with E-state index in [-0.39, 0.29) is 44.6 Å². The molecule has 1 aromatic heterocycles. The van der Waals surface area contributed by atoms with Gasteiger partial charge in [-0.1, -0.05) is 49.4 Å². The fraction of sp³-hybridized carbons (Fsp3) is 0.538. The number of hydrogen-bond acceptors (Lipinski definition) is 9. The van der Waals surface area contributed by atoms with Crippen LogP contribution in [0.2, 0.25) is 0 Å². The zero-order valence-corrected chi connectivity index (χ0v) is 24.5. The van der Waals surface area contributed by atoms with Crippen molar-refractivity contribution in [2.24, 2.45) is 0 Å². The molecule has 0 spiro atoms. The molecule has 39 heavy (non-hydrogen) atoms. The summed E-state index contributed by atoms with van der Waals surface area (Å²) in [5.41, 5.74) is 3.86. The van der Waals surface area contributed by atoms with Crippen molar-refractivity contribution in [2.75, 3.05) is 25.5 Å². The summed E-state index contributed by atoms with van der Waals surface area (Å²) in [5, 5.41) is 10.1. The molecule has 2 aromatic carbocycles. The molecular formula is C26H40N4O7S2. The number of hydrogen-bond donors (Lipinski definition) is 1. The van der Waals surface area contributed by atoms with Crippen molar-refractivity contribution in [1.29, 1.82) is 0 Å². The van der Waals surface area contributed by atoms with E-state index in [4.69, 9.17) is 8.92 Å². The summed E-state index contributed by atoms with van der Waals surface area (Å²) >= 11 is 0. The third kappa shape index (κ3) is 10.2. The molecule has 0 unspecified atom stereocenters. The molecule has 11 nitrogen and oxygen atoms in total. The molecule has 0 aliphatic carbocycles. The second-order valence-corrected chi connectivity index (χ2v) is 12.7. The van der Waals surface area contributed by atoms with E-state index in [2.05, 4.69) is 16.0 Å². The summed E-state index contributed by atoms with van der Waals surface area (Å²) in [4.78, 5) is 0. The van der Waals surface area contributed by atoms with Crippen LogP contribution in [0.3, 0.4) is 0 Å². The lowest BCUT2D eigenvalue weighted by molar-refractivity contribution is -0.361. The zero-order valence-electron chi connectivity index (χ0n) is 22.9. The van der Waals surface area contributed by atoms with Gasteiger partial charge in [-0.05, 0) is 49.1 Å². The van der Waals surface area contributed by atoms with Crippen molar-refractivity contribution in [2.45, 2.75) is 64.2 Å². The van der Waals surface area contributed by atoms with Crippen molar-refractivity contribution in [3.63, 3.8) is 0 Å². The zero-order chi connectivity index (χ0) is 28.9. The molecule has 3 N–H and O–H groups in total. The van der Waals surface area contributed by atoms with Gasteiger partial charge in [0.1, 0.15) is 15.9 Å². The van der Waals surface area contributed by atoms with Crippen molar-refractivity contribution < 1.29 is 36.0 Å². The minimum absolute atomic E-state index is 0.0170. The fourth-order valence-electron chi connectivity index (χ4n) is 3.96. The Bertz CT molecular complexity index is 1370. The Balaban J connectivity index is 0.00000170. The lowest BCUT2D eigenvalue weighted by atomic mass is 9.96. The minimum Gasteiger partial charge on any atom is -0.748 e. The molecule has 3 rings (SSSR count). The molecule has 1 heterocycles. The standard InChI is InChI=1S/C24H33N3O7S2.C2H7N/c1-3-24(4-2,36(30,31)32)18-22-19-27(26-25-22)13-7-16-35(28,29)34-15-8-14-33-23-12-11-20-9-5-6-10-21(20)17-23;1-2-3/h5-6,9-12,17,19H,3-4,7-8,13-16,18H2,1-2H3,(H,30,31,32);2-3H2,1H3. The van der Waals surface area contributed by atoms with E-state index in [9.17, 15) is 21.4 Å². The maximum absolute atomic E-state index is 12.2. The van der Waals surface area contributed by atoms with E-state index >= 15 is 0 Å². The van der Waals surface area contributed by atoms with Gasteiger partial charge in [0.25, 0.3) is 10.1 Å². The van der Waals surface area contributed by atoms with Crippen LogP contribution in [0.15, 0.2) is 48.7 Å². The lowest BCUT2D eigenvalue weighted by Gasteiger charge is -2.33. The SMILES string of the molecule is CCC(CC)(Cc1cn(CCCS(=O)(=O)OCCCOc2ccc3ccccc3c2)nn1)S(=O)(=O)[O-].CC[NH3+]. The van der Waals surface area contributed by atoms with Crippen LogP contribution < -0.4 is 10.5 Å². The number of benzene rings is 2. The molecule has 0 saturated carbocycles. The van der Waals surface area contributed by atoms with Crippen LogP contribution in [-0.2, 0) is 37.4 Å². The summed E-state index contributed by atoms with van der Waals surface area (Å²) in [7, 11) is -8.23. The lowest BCUT2D eigenvalue weighted by Crippen LogP contribution is -2.48. The van der Waals surface area contributed by atoms with E-state index in [0.29, 0.717) is 24.5 Å². The van der Waals surface area contributed by atoms with Gasteiger partial charge in [0.05, 0.1) is 36.0 Å². The Kier molecular flexibility index (Phi) is 12.8. The van der Waals surface area contributed by atoms with Gasteiger partial charge in [0.15, 0.2) is 0 Å². The molecule has 0 aliphatic heterocycles. The highest BCUT2D eigenvalue weighted by molar-refractivity contribution is 7.87. The van der Waals surface area contributed by atoms with Crippen molar-refractivity contribution in [3.8, 4) is 5.75 Å². The Morgan fingerprint density at radius 1 is 0.974 bits per heavy atom. The molecule has 0 saturated heterocycles. The minimum atomic E-state index is -4.52. The second kappa shape index (κ2) is 15.3. The third-order valence-electron chi connectivity index (χ3n) is 6.23. The third-order valence-corrected chi connectivity index (χ3v) is 9.33. The molecule has 0 aliphatic rings. The summed E-state index contributed by atoms with van der Waals surface area (Å²) < 4.78 is 70.4. The van der Waals surface area contributed by atoms with E-state index < -0.39 is 25.0 Å². The summed E-state index contributed by atoms with van der Waals surface area (Å²) in [6, 6.07) is 13.7. The molecule has 0 radical (unpaired) electrons. The number of nitrogens with zero attached hydrogens (tertiary/aromatic N) is 3. The number of fused-ring (bicyclic) bond motifs is 1. The molecular weight excluding hydrogens is 544 g/mol. The average molecular weight is 585 g/mol. The van der Waals surface area contributed by atoms with E-state index in [1.165, 1.54) is 4.68 Å². The fourth-order valence-corrected chi connectivity index (χ4v) is 5.96. The molecule has 0 fully saturated rings. The predicted molar refractivity (Wildman–Crippen MR) is 149 cm³/mol. The Hall–Kier alpha value is -2.58. The summed E-state index contributed by atoms with van der Waals surface area (Å²) in [6.45, 7) is 6.93. The van der Waals surface area contributed by atoms with E-state index in [1.807, 2.05) is 49.4 Å². The number of quaternary nitrogens is 1. The monoisotopic (exact) mass is 584 g/mol. The van der Waals surface area contributed by atoms with Gasteiger partial charge < -0.3 is 15.0 Å². The molecule has 0 atom stereocenters. The molecule has 3 aromatic rings. The average Bonchev–Trinajstić information content (AvgIpc) is 3.33. The van der Waals surface area contributed by atoms with Gasteiger partial charge in [-0.3, -0.25) is 8.86 Å². The summed E-state index contributed by atoms with van der Waals surface area (Å²) in [6.07, 6.45) is 2.51. The van der Waals surface area contributed by atoms with Gasteiger partial charge in [0, 0.05) is 25.6 Å². The Morgan fingerprint density at radius 3 is 2.28 bits per heavy atom. The highest BCUT2D eigenvalue weighted by Crippen LogP contribution is 2.29. The molecule has 218 valence electrons. The maximum Gasteiger partial charge on any atom is 0.267 e. The smallest absolute Gasteiger partial charge is 0.267 e. The number of ether oxygens (including phenoxy) is 1. The van der Waals surface area contributed by atoms with Crippen LogP contribution in [0.25, 0.3) is 10.8 Å². The number of aryl methyl sites for hydroxylation is 1. The van der Waals surface area contributed by atoms with Gasteiger partial charge in [-0.2, -0.15) is 8.42 Å². The number of rotatable bonds is 15. The van der Waals surface area contributed by atoms with Crippen molar-refractivity contribution >= 4 is 31.0 Å². The first kappa shape index (κ1) is 32.6. The number of aromatic nitrogens is 3. The maximum atomic E-state index is 12.2. The largest absolute Gasteiger partial charge is 0.748 e. The first-order valence-electron chi connectivity index (χ1n) is 13.1. The molecule has 13 heteroatoms. The van der Waals surface area contributed by atoms with Crippen LogP contribution in [0.4, 0.5) is 0 Å². The van der Waals surface area contributed by atoms with Gasteiger partial charge in [0.2, 0.25) is 0 Å². The normalized spacial score (nSPS) is 12.2.